The second kappa shape index (κ2) is 6.70. The van der Waals surface area contributed by atoms with Gasteiger partial charge in [0.05, 0.1) is 18.1 Å². The maximum absolute atomic E-state index is 6.06. The summed E-state index contributed by atoms with van der Waals surface area (Å²) in [4.78, 5) is 9.36. The average molecular weight is 279 g/mol. The highest BCUT2D eigenvalue weighted by atomic mass is 15.3. The molecule has 5 heteroatoms. The van der Waals surface area contributed by atoms with E-state index < -0.39 is 0 Å². The highest BCUT2D eigenvalue weighted by molar-refractivity contribution is 5.08. The van der Waals surface area contributed by atoms with Crippen molar-refractivity contribution in [1.82, 2.24) is 19.4 Å². The van der Waals surface area contributed by atoms with Crippen molar-refractivity contribution in [1.29, 1.82) is 0 Å². The van der Waals surface area contributed by atoms with E-state index in [1.54, 1.807) is 0 Å². The number of aromatic nitrogens is 2. The van der Waals surface area contributed by atoms with E-state index in [-0.39, 0.29) is 6.04 Å². The molecule has 0 radical (unpaired) electrons. The van der Waals surface area contributed by atoms with Crippen molar-refractivity contribution < 1.29 is 0 Å². The summed E-state index contributed by atoms with van der Waals surface area (Å²) in [6.45, 7) is 14.0. The topological polar surface area (TPSA) is 50.3 Å². The van der Waals surface area contributed by atoms with Gasteiger partial charge in [0.15, 0.2) is 0 Å². The molecule has 0 spiro atoms. The number of piperazine rings is 1. The first kappa shape index (κ1) is 15.5. The normalized spacial score (nSPS) is 19.9. The van der Waals surface area contributed by atoms with Crippen molar-refractivity contribution in [3.8, 4) is 0 Å². The molecule has 0 aliphatic carbocycles. The van der Waals surface area contributed by atoms with Crippen LogP contribution < -0.4 is 5.73 Å². The largest absolute Gasteiger partial charge is 0.331 e. The zero-order chi connectivity index (χ0) is 14.7. The molecule has 1 saturated heterocycles. The molecule has 0 saturated carbocycles. The molecule has 20 heavy (non-hydrogen) atoms. The zero-order valence-electron chi connectivity index (χ0n) is 13.3. The minimum Gasteiger partial charge on any atom is -0.331 e. The molecule has 5 nitrogen and oxygen atoms in total. The van der Waals surface area contributed by atoms with Crippen LogP contribution in [0.4, 0.5) is 0 Å². The molecule has 2 rings (SSSR count). The molecular weight excluding hydrogens is 250 g/mol. The van der Waals surface area contributed by atoms with Gasteiger partial charge in [-0.25, -0.2) is 4.98 Å². The third kappa shape index (κ3) is 3.22. The van der Waals surface area contributed by atoms with E-state index in [2.05, 4.69) is 47.0 Å². The van der Waals surface area contributed by atoms with Gasteiger partial charge in [-0.05, 0) is 27.7 Å². The van der Waals surface area contributed by atoms with E-state index in [0.29, 0.717) is 18.6 Å². The van der Waals surface area contributed by atoms with Gasteiger partial charge >= 0.3 is 0 Å². The summed E-state index contributed by atoms with van der Waals surface area (Å²) in [6.07, 6.45) is 3.90. The van der Waals surface area contributed by atoms with Gasteiger partial charge in [-0.3, -0.25) is 9.80 Å². The molecule has 2 N–H and O–H groups in total. The third-order valence-corrected chi connectivity index (χ3v) is 4.34. The first-order valence-corrected chi connectivity index (χ1v) is 7.74. The van der Waals surface area contributed by atoms with Crippen LogP contribution in [0.2, 0.25) is 0 Å². The van der Waals surface area contributed by atoms with E-state index in [1.807, 2.05) is 12.5 Å². The second-order valence-corrected chi connectivity index (χ2v) is 6.24. The average Bonchev–Trinajstić information content (AvgIpc) is 2.89. The van der Waals surface area contributed by atoms with Crippen LogP contribution in [0.1, 0.15) is 45.5 Å². The fourth-order valence-corrected chi connectivity index (χ4v) is 3.03. The molecule has 0 aromatic carbocycles. The predicted octanol–water partition coefficient (Wildman–Crippen LogP) is 1.49. The molecule has 0 bridgehead atoms. The van der Waals surface area contributed by atoms with Gasteiger partial charge in [-0.15, -0.1) is 0 Å². The van der Waals surface area contributed by atoms with E-state index in [4.69, 9.17) is 5.73 Å². The Bertz CT molecular complexity index is 404. The lowest BCUT2D eigenvalue weighted by Crippen LogP contribution is -2.51. The molecule has 2 heterocycles. The third-order valence-electron chi connectivity index (χ3n) is 4.34. The summed E-state index contributed by atoms with van der Waals surface area (Å²) < 4.78 is 2.24. The number of nitrogens with zero attached hydrogens (tertiary/aromatic N) is 4. The van der Waals surface area contributed by atoms with Gasteiger partial charge in [0.1, 0.15) is 0 Å². The van der Waals surface area contributed by atoms with Crippen LogP contribution in [0, 0.1) is 0 Å². The molecule has 1 fully saturated rings. The van der Waals surface area contributed by atoms with Crippen molar-refractivity contribution in [3.63, 3.8) is 0 Å². The molecule has 1 aromatic heterocycles. The fraction of sp³-hybridized carbons (Fsp3) is 0.800. The van der Waals surface area contributed by atoms with Gasteiger partial charge in [-0.2, -0.15) is 0 Å². The Hall–Kier alpha value is -0.910. The minimum absolute atomic E-state index is 0.286. The first-order chi connectivity index (χ1) is 9.54. The summed E-state index contributed by atoms with van der Waals surface area (Å²) in [6, 6.07) is 1.35. The van der Waals surface area contributed by atoms with E-state index in [1.165, 1.54) is 5.69 Å². The monoisotopic (exact) mass is 279 g/mol. The number of nitrogens with two attached hydrogens (primary N) is 1. The SMILES string of the molecule is CC(C)N1CCN(C(CN)c2cncn2C(C)C)CC1. The van der Waals surface area contributed by atoms with Crippen LogP contribution in [0.25, 0.3) is 0 Å². The van der Waals surface area contributed by atoms with Crippen LogP contribution in [0.5, 0.6) is 0 Å². The molecule has 1 aromatic rings. The highest BCUT2D eigenvalue weighted by Crippen LogP contribution is 2.23. The number of hydrogen-bond acceptors (Lipinski definition) is 4. The molecule has 1 unspecified atom stereocenters. The number of hydrogen-bond donors (Lipinski definition) is 1. The Morgan fingerprint density at radius 1 is 1.05 bits per heavy atom. The Labute approximate surface area is 122 Å². The zero-order valence-corrected chi connectivity index (χ0v) is 13.3. The van der Waals surface area contributed by atoms with E-state index in [9.17, 15) is 0 Å². The molecule has 1 aliphatic heterocycles. The lowest BCUT2D eigenvalue weighted by atomic mass is 10.1. The van der Waals surface area contributed by atoms with Crippen molar-refractivity contribution in [2.75, 3.05) is 32.7 Å². The van der Waals surface area contributed by atoms with Crippen LogP contribution in [-0.4, -0.2) is 58.1 Å². The summed E-state index contributed by atoms with van der Waals surface area (Å²) in [5, 5.41) is 0. The summed E-state index contributed by atoms with van der Waals surface area (Å²) in [7, 11) is 0. The highest BCUT2D eigenvalue weighted by Gasteiger charge is 2.27. The maximum Gasteiger partial charge on any atom is 0.0951 e. The second-order valence-electron chi connectivity index (χ2n) is 6.24. The summed E-state index contributed by atoms with van der Waals surface area (Å²) >= 11 is 0. The predicted molar refractivity (Wildman–Crippen MR) is 82.7 cm³/mol. The van der Waals surface area contributed by atoms with Crippen molar-refractivity contribution >= 4 is 0 Å². The molecule has 1 atom stereocenters. The van der Waals surface area contributed by atoms with Crippen LogP contribution in [0.3, 0.4) is 0 Å². The van der Waals surface area contributed by atoms with Crippen LogP contribution in [0.15, 0.2) is 12.5 Å². The van der Waals surface area contributed by atoms with E-state index in [0.717, 1.165) is 26.2 Å². The van der Waals surface area contributed by atoms with Gasteiger partial charge in [-0.1, -0.05) is 0 Å². The van der Waals surface area contributed by atoms with Gasteiger partial charge in [0.25, 0.3) is 0 Å². The van der Waals surface area contributed by atoms with Gasteiger partial charge in [0, 0.05) is 51.0 Å². The van der Waals surface area contributed by atoms with Crippen LogP contribution in [-0.2, 0) is 0 Å². The Kier molecular flexibility index (Phi) is 5.18. The smallest absolute Gasteiger partial charge is 0.0951 e. The Balaban J connectivity index is 2.08. The Morgan fingerprint density at radius 3 is 2.15 bits per heavy atom. The number of imidazole rings is 1. The minimum atomic E-state index is 0.286. The lowest BCUT2D eigenvalue weighted by Gasteiger charge is -2.40. The molecule has 114 valence electrons. The van der Waals surface area contributed by atoms with E-state index >= 15 is 0 Å². The lowest BCUT2D eigenvalue weighted by molar-refractivity contribution is 0.0774. The summed E-state index contributed by atoms with van der Waals surface area (Å²) in [5.41, 5.74) is 7.31. The standard InChI is InChI=1S/C15H29N5/c1-12(2)18-5-7-19(8-6-18)14(9-16)15-10-17-11-20(15)13(3)4/h10-14H,5-9,16H2,1-4H3. The van der Waals surface area contributed by atoms with Crippen molar-refractivity contribution in [2.45, 2.75) is 45.8 Å². The van der Waals surface area contributed by atoms with Gasteiger partial charge in [0.2, 0.25) is 0 Å². The number of rotatable bonds is 5. The summed E-state index contributed by atoms with van der Waals surface area (Å²) in [5.74, 6) is 0. The quantitative estimate of drug-likeness (QED) is 0.887. The Morgan fingerprint density at radius 2 is 1.65 bits per heavy atom. The molecule has 0 amide bonds. The molecule has 1 aliphatic rings. The fourth-order valence-electron chi connectivity index (χ4n) is 3.03. The van der Waals surface area contributed by atoms with Crippen molar-refractivity contribution in [2.24, 2.45) is 5.73 Å². The van der Waals surface area contributed by atoms with Gasteiger partial charge < -0.3 is 10.3 Å². The van der Waals surface area contributed by atoms with Crippen LogP contribution >= 0.6 is 0 Å². The molecular formula is C15H29N5. The maximum atomic E-state index is 6.06. The van der Waals surface area contributed by atoms with Crippen molar-refractivity contribution in [3.05, 3.63) is 18.2 Å². The first-order valence-electron chi connectivity index (χ1n) is 7.74.